The molecule has 2 rings (SSSR count). The first kappa shape index (κ1) is 14.9. The largest absolute Gasteiger partial charge is 0.384 e. The van der Waals surface area contributed by atoms with E-state index in [4.69, 9.17) is 11.6 Å². The van der Waals surface area contributed by atoms with Gasteiger partial charge in [0.2, 0.25) is 0 Å². The van der Waals surface area contributed by atoms with Crippen LogP contribution >= 0.6 is 11.6 Å². The van der Waals surface area contributed by atoms with Crippen LogP contribution in [0, 0.1) is 0 Å². The van der Waals surface area contributed by atoms with E-state index in [-0.39, 0.29) is 12.6 Å². The zero-order chi connectivity index (χ0) is 14.4. The summed E-state index contributed by atoms with van der Waals surface area (Å²) in [5.41, 5.74) is 0.0661. The van der Waals surface area contributed by atoms with Crippen molar-refractivity contribution in [3.05, 3.63) is 47.0 Å². The van der Waals surface area contributed by atoms with Gasteiger partial charge < -0.3 is 15.7 Å². The molecule has 1 aliphatic rings. The second-order valence-electron chi connectivity index (χ2n) is 5.06. The van der Waals surface area contributed by atoms with Crippen molar-refractivity contribution in [2.75, 3.05) is 6.54 Å². The Kier molecular flexibility index (Phi) is 5.04. The normalized spacial score (nSPS) is 21.5. The van der Waals surface area contributed by atoms with Gasteiger partial charge in [-0.1, -0.05) is 35.9 Å². The first-order valence-corrected chi connectivity index (χ1v) is 7.11. The van der Waals surface area contributed by atoms with Gasteiger partial charge in [-0.25, -0.2) is 4.79 Å². The van der Waals surface area contributed by atoms with Crippen LogP contribution in [0.1, 0.15) is 24.8 Å². The van der Waals surface area contributed by atoms with E-state index in [0.717, 1.165) is 18.4 Å². The standard InChI is InChI=1S/C15H19ClN2O2/c16-13-6-4-12(5-7-13)10-17-14(19)18-11-15(20)8-2-1-3-9-15/h2,4-8,20H,1,3,9-11H2,(H2,17,18,19)/t15-/m1/s1. The van der Waals surface area contributed by atoms with Crippen LogP contribution in [-0.2, 0) is 6.54 Å². The summed E-state index contributed by atoms with van der Waals surface area (Å²) in [6.07, 6.45) is 6.35. The Labute approximate surface area is 123 Å². The Balaban J connectivity index is 1.74. The fourth-order valence-corrected chi connectivity index (χ4v) is 2.27. The van der Waals surface area contributed by atoms with Gasteiger partial charge >= 0.3 is 6.03 Å². The third-order valence-corrected chi connectivity index (χ3v) is 3.58. The predicted molar refractivity (Wildman–Crippen MR) is 79.6 cm³/mol. The molecule has 0 radical (unpaired) electrons. The van der Waals surface area contributed by atoms with E-state index >= 15 is 0 Å². The van der Waals surface area contributed by atoms with E-state index in [9.17, 15) is 9.90 Å². The first-order valence-electron chi connectivity index (χ1n) is 6.74. The lowest BCUT2D eigenvalue weighted by Gasteiger charge is -2.27. The number of amides is 2. The van der Waals surface area contributed by atoms with Crippen LogP contribution in [-0.4, -0.2) is 23.3 Å². The Bertz CT molecular complexity index is 487. The molecule has 1 aromatic carbocycles. The average Bonchev–Trinajstić information content (AvgIpc) is 2.45. The highest BCUT2D eigenvalue weighted by Gasteiger charge is 2.25. The van der Waals surface area contributed by atoms with Gasteiger partial charge in [-0.15, -0.1) is 0 Å². The number of rotatable bonds is 4. The molecule has 108 valence electrons. The molecule has 0 aromatic heterocycles. The molecule has 1 aliphatic carbocycles. The number of nitrogens with one attached hydrogen (secondary N) is 2. The minimum absolute atomic E-state index is 0.232. The molecule has 20 heavy (non-hydrogen) atoms. The molecule has 0 heterocycles. The SMILES string of the molecule is O=C(NCc1ccc(Cl)cc1)NC[C@@]1(O)C=CCCC1. The molecule has 0 spiro atoms. The van der Waals surface area contributed by atoms with Crippen molar-refractivity contribution in [3.8, 4) is 0 Å². The van der Waals surface area contributed by atoms with Crippen LogP contribution in [0.4, 0.5) is 4.79 Å². The van der Waals surface area contributed by atoms with Crippen molar-refractivity contribution >= 4 is 17.6 Å². The summed E-state index contributed by atoms with van der Waals surface area (Å²) >= 11 is 5.79. The molecule has 0 unspecified atom stereocenters. The van der Waals surface area contributed by atoms with Crippen molar-refractivity contribution in [2.24, 2.45) is 0 Å². The Morgan fingerprint density at radius 2 is 2.05 bits per heavy atom. The molecule has 0 saturated carbocycles. The van der Waals surface area contributed by atoms with E-state index < -0.39 is 5.60 Å². The summed E-state index contributed by atoms with van der Waals surface area (Å²) in [6.45, 7) is 0.660. The molecule has 4 nitrogen and oxygen atoms in total. The van der Waals surface area contributed by atoms with Gasteiger partial charge in [0.1, 0.15) is 5.60 Å². The lowest BCUT2D eigenvalue weighted by Crippen LogP contribution is -2.45. The number of allylic oxidation sites excluding steroid dienone is 1. The second-order valence-corrected chi connectivity index (χ2v) is 5.50. The lowest BCUT2D eigenvalue weighted by molar-refractivity contribution is 0.0762. The van der Waals surface area contributed by atoms with Crippen LogP contribution in [0.25, 0.3) is 0 Å². The molecule has 0 bridgehead atoms. The van der Waals surface area contributed by atoms with E-state index in [0.29, 0.717) is 18.0 Å². The third kappa shape index (κ3) is 4.54. The summed E-state index contributed by atoms with van der Waals surface area (Å²) in [7, 11) is 0. The molecule has 0 aliphatic heterocycles. The summed E-state index contributed by atoms with van der Waals surface area (Å²) < 4.78 is 0. The zero-order valence-electron chi connectivity index (χ0n) is 11.2. The van der Waals surface area contributed by atoms with Crippen molar-refractivity contribution in [3.63, 3.8) is 0 Å². The van der Waals surface area contributed by atoms with Crippen molar-refractivity contribution in [2.45, 2.75) is 31.4 Å². The average molecular weight is 295 g/mol. The topological polar surface area (TPSA) is 61.4 Å². The molecule has 0 fully saturated rings. The lowest BCUT2D eigenvalue weighted by atomic mass is 9.91. The fourth-order valence-electron chi connectivity index (χ4n) is 2.14. The van der Waals surface area contributed by atoms with Crippen LogP contribution in [0.2, 0.25) is 5.02 Å². The predicted octanol–water partition coefficient (Wildman–Crippen LogP) is 2.61. The number of hydrogen-bond donors (Lipinski definition) is 3. The first-order chi connectivity index (χ1) is 9.57. The van der Waals surface area contributed by atoms with Crippen LogP contribution in [0.15, 0.2) is 36.4 Å². The number of benzene rings is 1. The Morgan fingerprint density at radius 1 is 1.30 bits per heavy atom. The maximum absolute atomic E-state index is 11.7. The van der Waals surface area contributed by atoms with Gasteiger partial charge in [-0.3, -0.25) is 0 Å². The number of carbonyl (C=O) groups is 1. The fraction of sp³-hybridized carbons (Fsp3) is 0.400. The summed E-state index contributed by atoms with van der Waals surface area (Å²) in [5, 5.41) is 16.3. The summed E-state index contributed by atoms with van der Waals surface area (Å²) in [6, 6.07) is 7.00. The minimum Gasteiger partial charge on any atom is -0.384 e. The van der Waals surface area contributed by atoms with Gasteiger partial charge in [0.15, 0.2) is 0 Å². The van der Waals surface area contributed by atoms with E-state index in [1.807, 2.05) is 18.2 Å². The second kappa shape index (κ2) is 6.77. The number of halogens is 1. The maximum atomic E-state index is 11.7. The zero-order valence-corrected chi connectivity index (χ0v) is 12.0. The highest BCUT2D eigenvalue weighted by molar-refractivity contribution is 6.30. The number of aliphatic hydroxyl groups is 1. The van der Waals surface area contributed by atoms with Gasteiger partial charge in [-0.2, -0.15) is 0 Å². The highest BCUT2D eigenvalue weighted by Crippen LogP contribution is 2.20. The van der Waals surface area contributed by atoms with Crippen molar-refractivity contribution < 1.29 is 9.90 Å². The third-order valence-electron chi connectivity index (χ3n) is 3.33. The Morgan fingerprint density at radius 3 is 2.70 bits per heavy atom. The van der Waals surface area contributed by atoms with Gasteiger partial charge in [0.25, 0.3) is 0 Å². The van der Waals surface area contributed by atoms with E-state index in [1.165, 1.54) is 0 Å². The molecule has 0 saturated heterocycles. The Hall–Kier alpha value is -1.52. The molecule has 1 atom stereocenters. The number of carbonyl (C=O) groups excluding carboxylic acids is 1. The molecular formula is C15H19ClN2O2. The molecule has 1 aromatic rings. The molecule has 2 amide bonds. The molecular weight excluding hydrogens is 276 g/mol. The summed E-state index contributed by atoms with van der Waals surface area (Å²) in [4.78, 5) is 11.7. The van der Waals surface area contributed by atoms with Crippen molar-refractivity contribution in [1.82, 2.24) is 10.6 Å². The molecule has 3 N–H and O–H groups in total. The van der Waals surface area contributed by atoms with Crippen LogP contribution in [0.3, 0.4) is 0 Å². The quantitative estimate of drug-likeness (QED) is 0.748. The van der Waals surface area contributed by atoms with E-state index in [2.05, 4.69) is 10.6 Å². The van der Waals surface area contributed by atoms with Gasteiger partial charge in [0.05, 0.1) is 6.54 Å². The van der Waals surface area contributed by atoms with Crippen LogP contribution in [0.5, 0.6) is 0 Å². The summed E-state index contributed by atoms with van der Waals surface area (Å²) in [5.74, 6) is 0. The van der Waals surface area contributed by atoms with Crippen molar-refractivity contribution in [1.29, 1.82) is 0 Å². The molecule has 5 heteroatoms. The minimum atomic E-state index is -0.907. The number of hydrogen-bond acceptors (Lipinski definition) is 2. The number of urea groups is 1. The van der Waals surface area contributed by atoms with Gasteiger partial charge in [0, 0.05) is 11.6 Å². The highest BCUT2D eigenvalue weighted by atomic mass is 35.5. The maximum Gasteiger partial charge on any atom is 0.315 e. The smallest absolute Gasteiger partial charge is 0.315 e. The van der Waals surface area contributed by atoms with Crippen LogP contribution < -0.4 is 10.6 Å². The van der Waals surface area contributed by atoms with Gasteiger partial charge in [-0.05, 0) is 37.0 Å². The van der Waals surface area contributed by atoms with E-state index in [1.54, 1.807) is 18.2 Å². The monoisotopic (exact) mass is 294 g/mol.